The number of benzene rings is 1. The van der Waals surface area contributed by atoms with Gasteiger partial charge in [-0.15, -0.1) is 0 Å². The third kappa shape index (κ3) is 4.26. The maximum Gasteiger partial charge on any atom is 0.408 e. The van der Waals surface area contributed by atoms with Crippen LogP contribution >= 0.6 is 23.2 Å². The lowest BCUT2D eigenvalue weighted by molar-refractivity contribution is -0.389. The highest BCUT2D eigenvalue weighted by Gasteiger charge is 2.25. The largest absolute Gasteiger partial charge is 0.408 e. The average Bonchev–Trinajstić information content (AvgIpc) is 3.16. The molecule has 0 spiro atoms. The first-order valence-corrected chi connectivity index (χ1v) is 8.53. The van der Waals surface area contributed by atoms with Crippen molar-refractivity contribution in [1.29, 1.82) is 0 Å². The maximum atomic E-state index is 12.2. The summed E-state index contributed by atoms with van der Waals surface area (Å²) in [4.78, 5) is 22.4. The second-order valence-corrected chi connectivity index (χ2v) is 6.49. The van der Waals surface area contributed by atoms with Gasteiger partial charge in [0, 0.05) is 11.2 Å². The van der Waals surface area contributed by atoms with Gasteiger partial charge in [-0.2, -0.15) is 9.78 Å². The smallest absolute Gasteiger partial charge is 0.358 e. The van der Waals surface area contributed by atoms with Crippen molar-refractivity contribution < 1.29 is 9.72 Å². The Morgan fingerprint density at radius 3 is 2.74 bits per heavy atom. The van der Waals surface area contributed by atoms with Crippen LogP contribution < -0.4 is 5.32 Å². The number of hydrogen-bond acceptors (Lipinski definition) is 5. The first kappa shape index (κ1) is 18.9. The van der Waals surface area contributed by atoms with Gasteiger partial charge in [0.2, 0.25) is 5.91 Å². The van der Waals surface area contributed by atoms with Crippen LogP contribution in [0.1, 0.15) is 11.3 Å². The second-order valence-electron chi connectivity index (χ2n) is 5.70. The molecule has 1 amide bonds. The van der Waals surface area contributed by atoms with Gasteiger partial charge in [-0.1, -0.05) is 41.4 Å². The molecule has 0 aliphatic heterocycles. The van der Waals surface area contributed by atoms with Crippen LogP contribution in [0.25, 0.3) is 0 Å². The summed E-state index contributed by atoms with van der Waals surface area (Å²) in [5.74, 6) is -0.890. The quantitative estimate of drug-likeness (QED) is 0.497. The molecule has 1 aromatic carbocycles. The van der Waals surface area contributed by atoms with Gasteiger partial charge in [0.05, 0.1) is 29.2 Å². The van der Waals surface area contributed by atoms with Gasteiger partial charge in [0.15, 0.2) is 5.02 Å². The predicted molar refractivity (Wildman–Crippen MR) is 100 cm³/mol. The number of hydrogen-bond donors (Lipinski definition) is 1. The molecular weight excluding hydrogens is 395 g/mol. The third-order valence-electron chi connectivity index (χ3n) is 3.79. The number of halogens is 2. The van der Waals surface area contributed by atoms with Crippen LogP contribution in [0.5, 0.6) is 0 Å². The number of rotatable bonds is 6. The fourth-order valence-electron chi connectivity index (χ4n) is 2.43. The molecular formula is C16H14Cl2N6O3. The molecule has 3 rings (SSSR count). The number of aromatic nitrogens is 4. The normalized spacial score (nSPS) is 10.8. The van der Waals surface area contributed by atoms with Gasteiger partial charge in [-0.25, -0.2) is 0 Å². The number of anilines is 1. The van der Waals surface area contributed by atoms with E-state index in [4.69, 9.17) is 23.2 Å². The van der Waals surface area contributed by atoms with Gasteiger partial charge in [-0.3, -0.25) is 9.48 Å². The summed E-state index contributed by atoms with van der Waals surface area (Å²) in [7, 11) is 0. The highest BCUT2D eigenvalue weighted by atomic mass is 35.5. The fraction of sp³-hybridized carbons (Fsp3) is 0.188. The zero-order chi connectivity index (χ0) is 19.6. The molecule has 11 heteroatoms. The monoisotopic (exact) mass is 408 g/mol. The topological polar surface area (TPSA) is 108 Å². The number of carbonyl (C=O) groups excluding carboxylic acids is 1. The molecule has 27 heavy (non-hydrogen) atoms. The Labute approximate surface area is 163 Å². The molecule has 0 saturated carbocycles. The molecule has 0 atom stereocenters. The van der Waals surface area contributed by atoms with Gasteiger partial charge >= 0.3 is 5.82 Å². The Bertz CT molecular complexity index is 1010. The van der Waals surface area contributed by atoms with Gasteiger partial charge in [0.1, 0.15) is 6.54 Å². The van der Waals surface area contributed by atoms with Crippen LogP contribution in [-0.4, -0.2) is 30.4 Å². The van der Waals surface area contributed by atoms with Gasteiger partial charge < -0.3 is 15.4 Å². The maximum absolute atomic E-state index is 12.2. The molecule has 140 valence electrons. The number of nitrogens with zero attached hydrogens (tertiary/aromatic N) is 5. The molecule has 0 saturated heterocycles. The van der Waals surface area contributed by atoms with E-state index >= 15 is 0 Å². The molecule has 0 bridgehead atoms. The Kier molecular flexibility index (Phi) is 5.43. The minimum atomic E-state index is -0.692. The van der Waals surface area contributed by atoms with E-state index in [0.29, 0.717) is 22.9 Å². The number of nitrogens with one attached hydrogen (secondary N) is 1. The van der Waals surface area contributed by atoms with Crippen molar-refractivity contribution in [3.05, 3.63) is 68.1 Å². The first-order chi connectivity index (χ1) is 12.8. The van der Waals surface area contributed by atoms with Crippen LogP contribution in [0, 0.1) is 17.0 Å². The Hall–Kier alpha value is -2.91. The summed E-state index contributed by atoms with van der Waals surface area (Å²) in [6, 6.07) is 7.40. The molecule has 0 unspecified atom stereocenters. The second kappa shape index (κ2) is 7.77. The van der Waals surface area contributed by atoms with E-state index in [1.807, 2.05) is 18.2 Å². The molecule has 0 radical (unpaired) electrons. The molecule has 0 fully saturated rings. The SMILES string of the molecule is Cc1c(Cl)c([N+](=O)[O-])nn1CC(=O)Nc1cnn(Cc2ccccc2Cl)c1. The number of carbonyl (C=O) groups is 1. The fourth-order valence-corrected chi connectivity index (χ4v) is 2.83. The minimum Gasteiger partial charge on any atom is -0.358 e. The van der Waals surface area contributed by atoms with Crippen LogP contribution in [0.15, 0.2) is 36.7 Å². The summed E-state index contributed by atoms with van der Waals surface area (Å²) in [5.41, 5.74) is 1.72. The zero-order valence-electron chi connectivity index (χ0n) is 14.1. The van der Waals surface area contributed by atoms with E-state index in [-0.39, 0.29) is 11.6 Å². The third-order valence-corrected chi connectivity index (χ3v) is 4.60. The lowest BCUT2D eigenvalue weighted by Crippen LogP contribution is -2.20. The zero-order valence-corrected chi connectivity index (χ0v) is 15.6. The van der Waals surface area contributed by atoms with Crippen molar-refractivity contribution in [2.75, 3.05) is 5.32 Å². The minimum absolute atomic E-state index is 0.0830. The summed E-state index contributed by atoms with van der Waals surface area (Å²) in [6.07, 6.45) is 3.16. The highest BCUT2D eigenvalue weighted by Crippen LogP contribution is 2.26. The Balaban J connectivity index is 1.66. The van der Waals surface area contributed by atoms with Crippen molar-refractivity contribution in [1.82, 2.24) is 19.6 Å². The predicted octanol–water partition coefficient (Wildman–Crippen LogP) is 3.29. The average molecular weight is 409 g/mol. The summed E-state index contributed by atoms with van der Waals surface area (Å²) >= 11 is 12.0. The molecule has 3 aromatic rings. The van der Waals surface area contributed by atoms with Crippen LogP contribution in [-0.2, 0) is 17.9 Å². The molecule has 1 N–H and O–H groups in total. The molecule has 0 aliphatic rings. The van der Waals surface area contributed by atoms with Crippen molar-refractivity contribution in [2.24, 2.45) is 0 Å². The molecule has 0 aliphatic carbocycles. The Morgan fingerprint density at radius 2 is 2.07 bits per heavy atom. The van der Waals surface area contributed by atoms with Gasteiger partial charge in [0.25, 0.3) is 0 Å². The summed E-state index contributed by atoms with van der Waals surface area (Å²) < 4.78 is 2.82. The van der Waals surface area contributed by atoms with Crippen molar-refractivity contribution in [2.45, 2.75) is 20.0 Å². The van der Waals surface area contributed by atoms with Crippen LogP contribution in [0.4, 0.5) is 11.5 Å². The van der Waals surface area contributed by atoms with Gasteiger partial charge in [-0.05, 0) is 23.5 Å². The van der Waals surface area contributed by atoms with E-state index in [1.54, 1.807) is 23.9 Å². The van der Waals surface area contributed by atoms with E-state index in [2.05, 4.69) is 15.5 Å². The van der Waals surface area contributed by atoms with E-state index < -0.39 is 16.6 Å². The molecule has 2 aromatic heterocycles. The van der Waals surface area contributed by atoms with Crippen molar-refractivity contribution >= 4 is 40.6 Å². The Morgan fingerprint density at radius 1 is 1.33 bits per heavy atom. The summed E-state index contributed by atoms with van der Waals surface area (Å²) in [5, 5.41) is 22.0. The van der Waals surface area contributed by atoms with Crippen LogP contribution in [0.3, 0.4) is 0 Å². The first-order valence-electron chi connectivity index (χ1n) is 7.78. The highest BCUT2D eigenvalue weighted by molar-refractivity contribution is 6.33. The summed E-state index contributed by atoms with van der Waals surface area (Å²) in [6.45, 7) is 1.79. The molecule has 9 nitrogen and oxygen atoms in total. The van der Waals surface area contributed by atoms with E-state index in [1.165, 1.54) is 10.9 Å². The van der Waals surface area contributed by atoms with Crippen molar-refractivity contribution in [3.8, 4) is 0 Å². The van der Waals surface area contributed by atoms with Crippen molar-refractivity contribution in [3.63, 3.8) is 0 Å². The van der Waals surface area contributed by atoms with E-state index in [9.17, 15) is 14.9 Å². The number of nitro groups is 1. The van der Waals surface area contributed by atoms with E-state index in [0.717, 1.165) is 5.56 Å². The van der Waals surface area contributed by atoms with Crippen LogP contribution in [0.2, 0.25) is 10.0 Å². The number of amides is 1. The standard InChI is InChI=1S/C16H14Cl2N6O3/c1-10-15(18)16(24(26)27)21-23(10)9-14(25)20-12-6-19-22(8-12)7-11-4-2-3-5-13(11)17/h2-6,8H,7,9H2,1H3,(H,20,25). The lowest BCUT2D eigenvalue weighted by Gasteiger charge is -2.04. The molecule has 2 heterocycles. The lowest BCUT2D eigenvalue weighted by atomic mass is 10.2.